The molecule has 1 unspecified atom stereocenters. The van der Waals surface area contributed by atoms with Crippen molar-refractivity contribution in [1.29, 1.82) is 5.26 Å². The molecule has 7 heteroatoms. The monoisotopic (exact) mass is 297 g/mol. The molecule has 0 spiro atoms. The zero-order chi connectivity index (χ0) is 12.8. The van der Waals surface area contributed by atoms with Crippen LogP contribution in [-0.4, -0.2) is 15.1 Å². The Morgan fingerprint density at radius 1 is 1.56 bits per heavy atom. The molecule has 0 aromatic heterocycles. The normalized spacial score (nSPS) is 15.0. The molecule has 0 saturated heterocycles. The molecule has 0 bridgehead atoms. The van der Waals surface area contributed by atoms with Crippen LogP contribution in [-0.2, 0) is 8.98 Å². The van der Waals surface area contributed by atoms with Crippen molar-refractivity contribution in [2.45, 2.75) is 30.1 Å². The van der Waals surface area contributed by atoms with Gasteiger partial charge in [-0.3, -0.25) is 4.79 Å². The zero-order valence-corrected chi connectivity index (χ0v) is 12.6. The Kier molecular flexibility index (Phi) is 7.10. The summed E-state index contributed by atoms with van der Waals surface area (Å²) < 4.78 is 3.45. The van der Waals surface area contributed by atoms with Crippen LogP contribution in [0.5, 0.6) is 0 Å². The average molecular weight is 297 g/mol. The van der Waals surface area contributed by atoms with Crippen LogP contribution in [0.25, 0.3) is 0 Å². The van der Waals surface area contributed by atoms with E-state index in [0.717, 1.165) is 5.75 Å². The lowest BCUT2D eigenvalue weighted by atomic mass is 9.89. The SMILES string of the molecule is CCSC(S)(S)C(C)(C#N)CCC(=O)OS. The summed E-state index contributed by atoms with van der Waals surface area (Å²) in [7, 11) is 0. The molecule has 0 radical (unpaired) electrons. The summed E-state index contributed by atoms with van der Waals surface area (Å²) in [5.74, 6) is 0.338. The molecular formula is C9H15NO2S4. The molecule has 3 nitrogen and oxygen atoms in total. The van der Waals surface area contributed by atoms with E-state index < -0.39 is 14.8 Å². The maximum Gasteiger partial charge on any atom is 0.317 e. The third-order valence-electron chi connectivity index (χ3n) is 2.24. The van der Waals surface area contributed by atoms with Gasteiger partial charge in [-0.05, 0) is 19.1 Å². The number of carbonyl (C=O) groups excluding carboxylic acids is 1. The van der Waals surface area contributed by atoms with E-state index in [0.29, 0.717) is 6.42 Å². The van der Waals surface area contributed by atoms with Crippen LogP contribution >= 0.6 is 49.9 Å². The first-order chi connectivity index (χ1) is 7.33. The molecule has 0 heterocycles. The fraction of sp³-hybridized carbons (Fsp3) is 0.778. The molecule has 0 aromatic rings. The third kappa shape index (κ3) is 4.32. The van der Waals surface area contributed by atoms with Crippen molar-refractivity contribution in [2.75, 3.05) is 5.75 Å². The molecule has 0 amide bonds. The van der Waals surface area contributed by atoms with Crippen LogP contribution < -0.4 is 0 Å². The van der Waals surface area contributed by atoms with E-state index in [-0.39, 0.29) is 6.42 Å². The fourth-order valence-corrected chi connectivity index (χ4v) is 3.11. The van der Waals surface area contributed by atoms with Gasteiger partial charge in [0.1, 0.15) is 3.41 Å². The van der Waals surface area contributed by atoms with E-state index >= 15 is 0 Å². The Morgan fingerprint density at radius 3 is 2.50 bits per heavy atom. The lowest BCUT2D eigenvalue weighted by molar-refractivity contribution is -0.133. The number of nitriles is 1. The molecule has 92 valence electrons. The first-order valence-corrected chi connectivity index (χ1v) is 6.91. The second kappa shape index (κ2) is 6.94. The zero-order valence-electron chi connectivity index (χ0n) is 9.13. The van der Waals surface area contributed by atoms with Gasteiger partial charge < -0.3 is 4.18 Å². The fourth-order valence-electron chi connectivity index (χ4n) is 1.05. The smallest absolute Gasteiger partial charge is 0.317 e. The number of thioether (sulfide) groups is 1. The minimum absolute atomic E-state index is 0.126. The molecule has 0 fully saturated rings. The van der Waals surface area contributed by atoms with Gasteiger partial charge in [0.2, 0.25) is 0 Å². The maximum absolute atomic E-state index is 11.0. The quantitative estimate of drug-likeness (QED) is 0.401. The van der Waals surface area contributed by atoms with Crippen molar-refractivity contribution in [1.82, 2.24) is 0 Å². The van der Waals surface area contributed by atoms with Gasteiger partial charge in [0.15, 0.2) is 0 Å². The summed E-state index contributed by atoms with van der Waals surface area (Å²) >= 11 is 13.7. The van der Waals surface area contributed by atoms with E-state index in [1.165, 1.54) is 11.8 Å². The van der Waals surface area contributed by atoms with Gasteiger partial charge in [-0.25, -0.2) is 0 Å². The number of hydrogen-bond acceptors (Lipinski definition) is 7. The van der Waals surface area contributed by atoms with E-state index in [4.69, 9.17) is 0 Å². The van der Waals surface area contributed by atoms with E-state index in [1.807, 2.05) is 6.92 Å². The van der Waals surface area contributed by atoms with Crippen LogP contribution in [0, 0.1) is 16.7 Å². The van der Waals surface area contributed by atoms with Gasteiger partial charge in [-0.2, -0.15) is 5.26 Å². The van der Waals surface area contributed by atoms with Gasteiger partial charge in [0.25, 0.3) is 0 Å². The van der Waals surface area contributed by atoms with Crippen molar-refractivity contribution in [3.63, 3.8) is 0 Å². The maximum atomic E-state index is 11.0. The number of nitrogens with zero attached hydrogens (tertiary/aromatic N) is 1. The molecule has 0 N–H and O–H groups in total. The molecule has 16 heavy (non-hydrogen) atoms. The molecule has 0 aliphatic heterocycles. The third-order valence-corrected chi connectivity index (χ3v) is 5.35. The summed E-state index contributed by atoms with van der Waals surface area (Å²) in [5.41, 5.74) is -0.818. The van der Waals surface area contributed by atoms with Gasteiger partial charge in [-0.15, -0.1) is 37.0 Å². The minimum Gasteiger partial charge on any atom is -0.395 e. The Labute approximate surface area is 117 Å². The number of thiol groups is 3. The molecule has 0 aromatic carbocycles. The second-order valence-electron chi connectivity index (χ2n) is 3.45. The van der Waals surface area contributed by atoms with Gasteiger partial charge >= 0.3 is 5.97 Å². The molecule has 0 aliphatic rings. The van der Waals surface area contributed by atoms with Gasteiger partial charge in [-0.1, -0.05) is 6.92 Å². The summed E-state index contributed by atoms with van der Waals surface area (Å²) in [6.45, 7) is 3.70. The first-order valence-electron chi connectivity index (χ1n) is 4.67. The Morgan fingerprint density at radius 2 is 2.12 bits per heavy atom. The number of carbonyl (C=O) groups is 1. The van der Waals surface area contributed by atoms with Crippen molar-refractivity contribution in [2.24, 2.45) is 5.41 Å². The summed E-state index contributed by atoms with van der Waals surface area (Å²) in [6.07, 6.45) is 0.462. The van der Waals surface area contributed by atoms with Crippen molar-refractivity contribution >= 4 is 55.9 Å². The van der Waals surface area contributed by atoms with Crippen LogP contribution in [0.4, 0.5) is 0 Å². The van der Waals surface area contributed by atoms with E-state index in [2.05, 4.69) is 48.4 Å². The predicted molar refractivity (Wildman–Crippen MR) is 76.9 cm³/mol. The van der Waals surface area contributed by atoms with Crippen molar-refractivity contribution < 1.29 is 8.98 Å². The van der Waals surface area contributed by atoms with E-state index in [9.17, 15) is 10.1 Å². The van der Waals surface area contributed by atoms with E-state index in [1.54, 1.807) is 6.92 Å². The molecule has 0 rings (SSSR count). The first kappa shape index (κ1) is 16.4. The van der Waals surface area contributed by atoms with Gasteiger partial charge in [0.05, 0.1) is 11.5 Å². The number of hydrogen-bond donors (Lipinski definition) is 3. The highest BCUT2D eigenvalue weighted by atomic mass is 32.2. The van der Waals surface area contributed by atoms with Crippen molar-refractivity contribution in [3.05, 3.63) is 0 Å². The topological polar surface area (TPSA) is 50.1 Å². The Balaban J connectivity index is 4.66. The summed E-state index contributed by atoms with van der Waals surface area (Å²) in [4.78, 5) is 11.0. The van der Waals surface area contributed by atoms with Crippen molar-refractivity contribution in [3.8, 4) is 6.07 Å². The molecule has 1 atom stereocenters. The molecule has 0 aliphatic carbocycles. The molecule has 0 saturated carbocycles. The highest BCUT2D eigenvalue weighted by molar-refractivity contribution is 8.24. The summed E-state index contributed by atoms with van der Waals surface area (Å²) in [5, 5.41) is 9.20. The largest absolute Gasteiger partial charge is 0.395 e. The predicted octanol–water partition coefficient (Wildman–Crippen LogP) is 2.95. The second-order valence-corrected chi connectivity index (χ2v) is 7.41. The van der Waals surface area contributed by atoms with Crippen LogP contribution in [0.3, 0.4) is 0 Å². The minimum atomic E-state index is -0.818. The lowest BCUT2D eigenvalue weighted by Crippen LogP contribution is -2.34. The van der Waals surface area contributed by atoms with Crippen LogP contribution in [0.2, 0.25) is 0 Å². The Hall–Kier alpha value is 0.360. The Bertz CT molecular complexity index is 290. The number of rotatable bonds is 6. The van der Waals surface area contributed by atoms with Crippen LogP contribution in [0.15, 0.2) is 0 Å². The highest BCUT2D eigenvalue weighted by Gasteiger charge is 2.43. The van der Waals surface area contributed by atoms with Gasteiger partial charge in [0, 0.05) is 19.3 Å². The van der Waals surface area contributed by atoms with Crippen LogP contribution in [0.1, 0.15) is 26.7 Å². The average Bonchev–Trinajstić information content (AvgIpc) is 2.24. The molecular weight excluding hydrogens is 282 g/mol. The highest BCUT2D eigenvalue weighted by Crippen LogP contribution is 2.50. The summed E-state index contributed by atoms with van der Waals surface area (Å²) in [6, 6.07) is 2.18. The standard InChI is InChI=1S/C9H15NO2S4/c1-3-16-9(13,14)8(2,6-10)5-4-7(11)12-15/h13-15H,3-5H2,1-2H3. The lowest BCUT2D eigenvalue weighted by Gasteiger charge is -2.36.